The maximum Gasteiger partial charge on any atom is 0.257 e. The smallest absolute Gasteiger partial charge is 0.257 e. The molecule has 0 amide bonds. The van der Waals surface area contributed by atoms with Crippen molar-refractivity contribution in [3.05, 3.63) is 52.7 Å². The largest absolute Gasteiger partial charge is 0.478 e. The predicted molar refractivity (Wildman–Crippen MR) is 129 cm³/mol. The van der Waals surface area contributed by atoms with Crippen molar-refractivity contribution in [3.8, 4) is 17.1 Å². The molecule has 0 saturated carbocycles. The Balaban J connectivity index is 1.79. The molecule has 1 aromatic carbocycles. The van der Waals surface area contributed by atoms with Crippen LogP contribution in [0.4, 0.5) is 20.5 Å². The Hall–Kier alpha value is -4.01. The summed E-state index contributed by atoms with van der Waals surface area (Å²) in [5, 5.41) is 18.5. The molecule has 0 saturated heterocycles. The number of hydroxylamine groups is 1. The number of nitrogens with one attached hydrogen (secondary N) is 1. The van der Waals surface area contributed by atoms with E-state index < -0.39 is 30.7 Å². The van der Waals surface area contributed by atoms with Crippen LogP contribution in [0, 0.1) is 12.7 Å². The first-order valence-corrected chi connectivity index (χ1v) is 11.2. The number of hydrogen-bond donors (Lipinski definition) is 5. The molecule has 12 nitrogen and oxygen atoms in total. The summed E-state index contributed by atoms with van der Waals surface area (Å²) in [6, 6.07) is 2.55. The molecule has 1 aliphatic heterocycles. The van der Waals surface area contributed by atoms with Gasteiger partial charge in [-0.05, 0) is 24.6 Å². The standard InChI is InChI=1S/C23H26F2N8O4/c1-10-16-19(32-23(27)29-10)17(25)18(31-21(16)33-37-6-5-12(35)9-34)13-4-3-11(24)7-14(13)15-8-28-20(26)22(30-15)36-2/h3-4,7-8,12,17-18,34-35H,5-6,9H2,1-2H3,(H2,26,28)(H,31,33)(H2,27,29,32)/t12?,17?,18-/m0/s1. The number of aliphatic hydroxyl groups is 2. The molecule has 3 aromatic rings. The Morgan fingerprint density at radius 2 is 2.00 bits per heavy atom. The molecule has 4 rings (SSSR count). The topological polar surface area (TPSA) is 187 Å². The van der Waals surface area contributed by atoms with Crippen LogP contribution in [-0.2, 0) is 4.84 Å². The Morgan fingerprint density at radius 1 is 1.22 bits per heavy atom. The highest BCUT2D eigenvalue weighted by molar-refractivity contribution is 6.01. The number of ether oxygens (including phenoxy) is 1. The number of aryl methyl sites for hydroxylation is 1. The number of nitrogens with zero attached hydrogens (tertiary/aromatic N) is 5. The number of aliphatic imine (C=N–C) groups is 1. The maximum absolute atomic E-state index is 16.0. The van der Waals surface area contributed by atoms with Crippen LogP contribution in [0.5, 0.6) is 5.88 Å². The first-order valence-electron chi connectivity index (χ1n) is 11.2. The van der Waals surface area contributed by atoms with Gasteiger partial charge in [0.05, 0.1) is 55.3 Å². The van der Waals surface area contributed by atoms with Gasteiger partial charge >= 0.3 is 0 Å². The number of benzene rings is 1. The van der Waals surface area contributed by atoms with Gasteiger partial charge in [-0.15, -0.1) is 0 Å². The summed E-state index contributed by atoms with van der Waals surface area (Å²) in [5.41, 5.74) is 15.5. The van der Waals surface area contributed by atoms with Crippen LogP contribution >= 0.6 is 0 Å². The zero-order valence-electron chi connectivity index (χ0n) is 20.0. The molecule has 7 N–H and O–H groups in total. The average Bonchev–Trinajstić information content (AvgIpc) is 2.88. The summed E-state index contributed by atoms with van der Waals surface area (Å²) in [6.45, 7) is 1.21. The van der Waals surface area contributed by atoms with E-state index in [1.807, 2.05) is 0 Å². The van der Waals surface area contributed by atoms with E-state index in [-0.39, 0.29) is 64.6 Å². The Bertz CT molecular complexity index is 1330. The van der Waals surface area contributed by atoms with E-state index >= 15 is 4.39 Å². The number of halogens is 2. The lowest BCUT2D eigenvalue weighted by molar-refractivity contribution is 0.0285. The molecule has 0 bridgehead atoms. The maximum atomic E-state index is 16.0. The van der Waals surface area contributed by atoms with E-state index in [9.17, 15) is 9.50 Å². The molecule has 2 unspecified atom stereocenters. The lowest BCUT2D eigenvalue weighted by atomic mass is 9.90. The molecule has 0 radical (unpaired) electrons. The molecular formula is C23H26F2N8O4. The summed E-state index contributed by atoms with van der Waals surface area (Å²) in [5.74, 6) is -0.535. The van der Waals surface area contributed by atoms with Gasteiger partial charge in [0.15, 0.2) is 17.8 Å². The molecule has 196 valence electrons. The highest BCUT2D eigenvalue weighted by Crippen LogP contribution is 2.44. The Morgan fingerprint density at radius 3 is 2.73 bits per heavy atom. The lowest BCUT2D eigenvalue weighted by Gasteiger charge is -2.28. The second-order valence-corrected chi connectivity index (χ2v) is 8.21. The van der Waals surface area contributed by atoms with Crippen LogP contribution < -0.4 is 21.7 Å². The summed E-state index contributed by atoms with van der Waals surface area (Å²) in [4.78, 5) is 26.5. The number of amidine groups is 1. The van der Waals surface area contributed by atoms with E-state index in [0.29, 0.717) is 5.69 Å². The van der Waals surface area contributed by atoms with Gasteiger partial charge in [-0.1, -0.05) is 6.07 Å². The van der Waals surface area contributed by atoms with Gasteiger partial charge in [0.1, 0.15) is 11.9 Å². The second kappa shape index (κ2) is 10.9. The zero-order valence-corrected chi connectivity index (χ0v) is 20.0. The van der Waals surface area contributed by atoms with Crippen molar-refractivity contribution in [2.45, 2.75) is 31.7 Å². The van der Waals surface area contributed by atoms with Gasteiger partial charge in [-0.25, -0.2) is 34.2 Å². The van der Waals surface area contributed by atoms with Crippen molar-refractivity contribution < 1.29 is 28.6 Å². The van der Waals surface area contributed by atoms with Gasteiger partial charge in [0.25, 0.3) is 5.88 Å². The number of hydrogen-bond acceptors (Lipinski definition) is 12. The number of alkyl halides is 1. The van der Waals surface area contributed by atoms with E-state index in [2.05, 4.69) is 30.4 Å². The minimum atomic E-state index is -1.78. The number of fused-ring (bicyclic) bond motifs is 1. The number of aromatic nitrogens is 4. The van der Waals surface area contributed by atoms with Crippen LogP contribution in [0.25, 0.3) is 11.3 Å². The van der Waals surface area contributed by atoms with E-state index in [1.54, 1.807) is 6.92 Å². The average molecular weight is 517 g/mol. The molecular weight excluding hydrogens is 490 g/mol. The molecule has 2 aromatic heterocycles. The lowest BCUT2D eigenvalue weighted by Crippen LogP contribution is -2.34. The van der Waals surface area contributed by atoms with Crippen LogP contribution in [0.1, 0.15) is 41.1 Å². The monoisotopic (exact) mass is 516 g/mol. The third kappa shape index (κ3) is 5.40. The van der Waals surface area contributed by atoms with Gasteiger partial charge in [0, 0.05) is 12.0 Å². The molecule has 3 atom stereocenters. The number of nitrogen functional groups attached to an aromatic ring is 2. The fourth-order valence-electron chi connectivity index (χ4n) is 3.91. The quantitative estimate of drug-likeness (QED) is 0.215. The summed E-state index contributed by atoms with van der Waals surface area (Å²) in [6.07, 6.45) is -1.29. The van der Waals surface area contributed by atoms with Crippen LogP contribution in [0.2, 0.25) is 0 Å². The number of rotatable bonds is 8. The van der Waals surface area contributed by atoms with E-state index in [0.717, 1.165) is 0 Å². The highest BCUT2D eigenvalue weighted by Gasteiger charge is 2.37. The van der Waals surface area contributed by atoms with Crippen LogP contribution in [0.3, 0.4) is 0 Å². The zero-order chi connectivity index (χ0) is 26.7. The van der Waals surface area contributed by atoms with Crippen LogP contribution in [-0.4, -0.2) is 62.4 Å². The molecule has 0 fully saturated rings. The van der Waals surface area contributed by atoms with Gasteiger partial charge in [-0.2, -0.15) is 0 Å². The Kier molecular flexibility index (Phi) is 7.71. The summed E-state index contributed by atoms with van der Waals surface area (Å²) >= 11 is 0. The minimum Gasteiger partial charge on any atom is -0.478 e. The van der Waals surface area contributed by atoms with Crippen molar-refractivity contribution in [2.75, 3.05) is 31.8 Å². The minimum absolute atomic E-state index is 0.0112. The van der Waals surface area contributed by atoms with Gasteiger partial charge < -0.3 is 26.4 Å². The molecule has 14 heteroatoms. The SMILES string of the molecule is COc1nc(-c2cc(F)ccc2[C@@H]2N=C(NOCCC(O)CO)c3c(C)nc(N)nc3C2F)cnc1N. The number of methoxy groups -OCH3 is 1. The number of nitrogens with two attached hydrogens (primary N) is 2. The van der Waals surface area contributed by atoms with Crippen LogP contribution in [0.15, 0.2) is 29.4 Å². The summed E-state index contributed by atoms with van der Waals surface area (Å²) < 4.78 is 35.5. The summed E-state index contributed by atoms with van der Waals surface area (Å²) in [7, 11) is 1.36. The normalized spacial score (nSPS) is 17.6. The third-order valence-electron chi connectivity index (χ3n) is 5.68. The van der Waals surface area contributed by atoms with Gasteiger partial charge in [0.2, 0.25) is 5.95 Å². The fraction of sp³-hybridized carbons (Fsp3) is 0.348. The number of aliphatic hydroxyl groups excluding tert-OH is 2. The van der Waals surface area contributed by atoms with Crippen molar-refractivity contribution in [3.63, 3.8) is 0 Å². The van der Waals surface area contributed by atoms with Crippen molar-refractivity contribution >= 4 is 17.6 Å². The third-order valence-corrected chi connectivity index (χ3v) is 5.68. The first-order chi connectivity index (χ1) is 17.7. The van der Waals surface area contributed by atoms with E-state index in [1.165, 1.54) is 31.5 Å². The van der Waals surface area contributed by atoms with Crippen molar-refractivity contribution in [1.82, 2.24) is 25.4 Å². The second-order valence-electron chi connectivity index (χ2n) is 8.21. The molecule has 1 aliphatic rings. The first kappa shape index (κ1) is 26.1. The van der Waals surface area contributed by atoms with Gasteiger partial charge in [-0.3, -0.25) is 9.83 Å². The van der Waals surface area contributed by atoms with E-state index in [4.69, 9.17) is 26.1 Å². The number of anilines is 2. The molecule has 37 heavy (non-hydrogen) atoms. The predicted octanol–water partition coefficient (Wildman–Crippen LogP) is 1.33. The van der Waals surface area contributed by atoms with Crippen molar-refractivity contribution in [2.24, 2.45) is 4.99 Å². The van der Waals surface area contributed by atoms with Crippen molar-refractivity contribution in [1.29, 1.82) is 0 Å². The molecule has 0 aliphatic carbocycles. The fourth-order valence-corrected chi connectivity index (χ4v) is 3.91. The highest BCUT2D eigenvalue weighted by atomic mass is 19.1. The molecule has 3 heterocycles. The molecule has 0 spiro atoms. The Labute approximate surface area is 210 Å².